The summed E-state index contributed by atoms with van der Waals surface area (Å²) >= 11 is 0. The Hall–Kier alpha value is -3.59. The van der Waals surface area contributed by atoms with E-state index in [4.69, 9.17) is 23.7 Å². The Balaban J connectivity index is 1.89. The van der Waals surface area contributed by atoms with Crippen LogP contribution in [0.3, 0.4) is 0 Å². The molecule has 33 heavy (non-hydrogen) atoms. The number of benzene rings is 2. The van der Waals surface area contributed by atoms with Gasteiger partial charge in [0.05, 0.1) is 30.7 Å². The number of epoxide rings is 1. The topological polar surface area (TPSA) is 121 Å². The number of phenols is 1. The van der Waals surface area contributed by atoms with Crippen molar-refractivity contribution in [3.8, 4) is 17.2 Å². The Kier molecular flexibility index (Phi) is 4.48. The molecular formula is C24H22O9. The summed E-state index contributed by atoms with van der Waals surface area (Å²) in [6.45, 7) is 4.23. The van der Waals surface area contributed by atoms with E-state index in [0.717, 1.165) is 0 Å². The number of fused-ring (bicyclic) bond motifs is 4. The molecule has 0 bridgehead atoms. The molecule has 2 aliphatic carbocycles. The van der Waals surface area contributed by atoms with E-state index in [0.29, 0.717) is 27.7 Å². The predicted molar refractivity (Wildman–Crippen MR) is 114 cm³/mol. The van der Waals surface area contributed by atoms with Crippen molar-refractivity contribution in [3.05, 3.63) is 34.9 Å². The number of esters is 2. The molecule has 3 aliphatic rings. The summed E-state index contributed by atoms with van der Waals surface area (Å²) in [5, 5.41) is 11.4. The van der Waals surface area contributed by atoms with E-state index in [1.165, 1.54) is 34.1 Å². The fraction of sp³-hybridized carbons (Fsp3) is 0.375. The van der Waals surface area contributed by atoms with Gasteiger partial charge in [0, 0.05) is 30.4 Å². The molecule has 1 saturated heterocycles. The van der Waals surface area contributed by atoms with Crippen LogP contribution in [0, 0.1) is 0 Å². The lowest BCUT2D eigenvalue weighted by Gasteiger charge is -2.30. The molecule has 9 nitrogen and oxygen atoms in total. The predicted octanol–water partition coefficient (Wildman–Crippen LogP) is 2.55. The van der Waals surface area contributed by atoms with E-state index in [-0.39, 0.29) is 22.6 Å². The highest BCUT2D eigenvalue weighted by Gasteiger charge is 2.71. The number of Topliss-reactive ketones (excluding diaryl/α,β-unsaturated/α-hetero) is 1. The zero-order valence-electron chi connectivity index (χ0n) is 18.7. The molecule has 0 aromatic heterocycles. The van der Waals surface area contributed by atoms with Crippen molar-refractivity contribution in [1.82, 2.24) is 0 Å². The van der Waals surface area contributed by atoms with Crippen LogP contribution >= 0.6 is 0 Å². The van der Waals surface area contributed by atoms with Gasteiger partial charge in [-0.25, -0.2) is 0 Å². The van der Waals surface area contributed by atoms with Crippen LogP contribution in [0.1, 0.15) is 36.7 Å². The lowest BCUT2D eigenvalue weighted by Crippen LogP contribution is -2.45. The molecule has 2 aromatic carbocycles. The summed E-state index contributed by atoms with van der Waals surface area (Å²) in [5.41, 5.74) is -0.0171. The number of phenolic OH excluding ortho intramolecular Hbond substituents is 1. The minimum Gasteiger partial charge on any atom is -0.507 e. The fourth-order valence-corrected chi connectivity index (χ4v) is 5.18. The van der Waals surface area contributed by atoms with Gasteiger partial charge in [0.2, 0.25) is 0 Å². The van der Waals surface area contributed by atoms with E-state index in [2.05, 4.69) is 0 Å². The highest BCUT2D eigenvalue weighted by molar-refractivity contribution is 6.28. The number of carbonyl (C=O) groups is 3. The van der Waals surface area contributed by atoms with Crippen molar-refractivity contribution < 1.29 is 43.2 Å². The van der Waals surface area contributed by atoms with Crippen molar-refractivity contribution in [2.45, 2.75) is 44.7 Å². The second kappa shape index (κ2) is 6.95. The molecule has 2 aromatic rings. The van der Waals surface area contributed by atoms with Gasteiger partial charge >= 0.3 is 11.9 Å². The molecule has 172 valence electrons. The maximum atomic E-state index is 13.9. The van der Waals surface area contributed by atoms with Crippen LogP contribution < -0.4 is 9.47 Å². The van der Waals surface area contributed by atoms with Gasteiger partial charge in [-0.2, -0.15) is 0 Å². The lowest BCUT2D eigenvalue weighted by atomic mass is 9.80. The standard InChI is InChI=1S/C24H22O9/c1-9(25)31-21-15-14-16(18(28)17(15)22(32-10(2)26)24(3)23(21)33-24)20(30-5)13-11(19(14)29-4)7-6-8-12(13)27/h6-8,21-23,27H,1-5H3/t21-,22+,23-,24+/m0/s1. The molecule has 1 aliphatic heterocycles. The first-order chi connectivity index (χ1) is 15.7. The van der Waals surface area contributed by atoms with Crippen molar-refractivity contribution in [3.63, 3.8) is 0 Å². The van der Waals surface area contributed by atoms with Gasteiger partial charge in [0.1, 0.15) is 29.0 Å². The Morgan fingerprint density at radius 2 is 1.67 bits per heavy atom. The summed E-state index contributed by atoms with van der Waals surface area (Å²) in [7, 11) is 2.84. The van der Waals surface area contributed by atoms with E-state index in [1.54, 1.807) is 19.1 Å². The van der Waals surface area contributed by atoms with E-state index >= 15 is 0 Å². The van der Waals surface area contributed by atoms with Crippen molar-refractivity contribution in [2.24, 2.45) is 0 Å². The van der Waals surface area contributed by atoms with Gasteiger partial charge in [0.15, 0.2) is 18.0 Å². The zero-order chi connectivity index (χ0) is 23.8. The van der Waals surface area contributed by atoms with Crippen LogP contribution in [0.15, 0.2) is 23.8 Å². The molecule has 1 fully saturated rings. The molecule has 0 amide bonds. The second-order valence-electron chi connectivity index (χ2n) is 8.41. The van der Waals surface area contributed by atoms with E-state index < -0.39 is 41.6 Å². The van der Waals surface area contributed by atoms with Gasteiger partial charge in [-0.15, -0.1) is 0 Å². The van der Waals surface area contributed by atoms with Crippen LogP contribution in [0.5, 0.6) is 17.2 Å². The zero-order valence-corrected chi connectivity index (χ0v) is 18.7. The number of hydrogen-bond acceptors (Lipinski definition) is 9. The molecule has 0 unspecified atom stereocenters. The van der Waals surface area contributed by atoms with Crippen LogP contribution in [-0.4, -0.2) is 61.0 Å². The third-order valence-electron chi connectivity index (χ3n) is 6.47. The molecule has 1 N–H and O–H groups in total. The van der Waals surface area contributed by atoms with Crippen molar-refractivity contribution in [2.75, 3.05) is 14.2 Å². The molecule has 0 spiro atoms. The minimum absolute atomic E-state index is 0.0886. The summed E-state index contributed by atoms with van der Waals surface area (Å²) in [6.07, 6.45) is -2.57. The quantitative estimate of drug-likeness (QED) is 0.549. The molecular weight excluding hydrogens is 432 g/mol. The number of rotatable bonds is 4. The fourth-order valence-electron chi connectivity index (χ4n) is 5.18. The Labute approximate surface area is 188 Å². The second-order valence-corrected chi connectivity index (χ2v) is 8.41. The van der Waals surface area contributed by atoms with Crippen molar-refractivity contribution >= 4 is 34.1 Å². The largest absolute Gasteiger partial charge is 0.507 e. The van der Waals surface area contributed by atoms with Gasteiger partial charge in [-0.3, -0.25) is 14.4 Å². The van der Waals surface area contributed by atoms with Crippen molar-refractivity contribution in [1.29, 1.82) is 0 Å². The third kappa shape index (κ3) is 2.72. The summed E-state index contributed by atoms with van der Waals surface area (Å²) < 4.78 is 28.4. The first-order valence-electron chi connectivity index (χ1n) is 10.4. The average Bonchev–Trinajstić information content (AvgIpc) is 3.37. The van der Waals surface area contributed by atoms with Crippen LogP contribution in [0.2, 0.25) is 0 Å². The molecule has 9 heteroatoms. The summed E-state index contributed by atoms with van der Waals surface area (Å²) in [5.74, 6) is -1.24. The first-order valence-corrected chi connectivity index (χ1v) is 10.4. The summed E-state index contributed by atoms with van der Waals surface area (Å²) in [4.78, 5) is 37.8. The highest BCUT2D eigenvalue weighted by Crippen LogP contribution is 2.61. The molecule has 4 atom stereocenters. The van der Waals surface area contributed by atoms with Gasteiger partial charge < -0.3 is 28.8 Å². The number of hydrogen-bond donors (Lipinski definition) is 1. The maximum absolute atomic E-state index is 13.9. The van der Waals surface area contributed by atoms with Gasteiger partial charge in [0.25, 0.3) is 0 Å². The normalized spacial score (nSPS) is 26.9. The minimum atomic E-state index is -1.04. The number of ketones is 1. The van der Waals surface area contributed by atoms with Gasteiger partial charge in [-0.05, 0) is 13.0 Å². The number of ether oxygens (including phenoxy) is 5. The third-order valence-corrected chi connectivity index (χ3v) is 6.47. The lowest BCUT2D eigenvalue weighted by molar-refractivity contribution is -0.148. The Morgan fingerprint density at radius 3 is 2.27 bits per heavy atom. The van der Waals surface area contributed by atoms with Crippen LogP contribution in [0.4, 0.5) is 0 Å². The van der Waals surface area contributed by atoms with Crippen LogP contribution in [0.25, 0.3) is 16.3 Å². The molecule has 1 heterocycles. The van der Waals surface area contributed by atoms with Gasteiger partial charge in [-0.1, -0.05) is 12.1 Å². The summed E-state index contributed by atoms with van der Waals surface area (Å²) in [6, 6.07) is 4.85. The number of methoxy groups -OCH3 is 2. The highest BCUT2D eigenvalue weighted by atomic mass is 16.7. The van der Waals surface area contributed by atoms with E-state index in [1.807, 2.05) is 0 Å². The first kappa shape index (κ1) is 21.3. The SMILES string of the molecule is COc1c2c(c(OC)c3c(O)cccc13)C(=O)C1=C2[C@H](OC(C)=O)[C@@H]2O[C@]2(C)[C@@H]1OC(C)=O. The van der Waals surface area contributed by atoms with E-state index in [9.17, 15) is 19.5 Å². The number of carbonyl (C=O) groups excluding carboxylic acids is 3. The Morgan fingerprint density at radius 1 is 1.00 bits per heavy atom. The smallest absolute Gasteiger partial charge is 0.303 e. The molecule has 0 radical (unpaired) electrons. The number of aromatic hydroxyl groups is 1. The maximum Gasteiger partial charge on any atom is 0.303 e. The average molecular weight is 454 g/mol. The Bertz CT molecular complexity index is 1290. The molecule has 5 rings (SSSR count). The van der Waals surface area contributed by atoms with Crippen LogP contribution in [-0.2, 0) is 23.8 Å². The monoisotopic (exact) mass is 454 g/mol. The molecule has 0 saturated carbocycles.